The van der Waals surface area contributed by atoms with E-state index in [1.165, 1.54) is 11.1 Å². The summed E-state index contributed by atoms with van der Waals surface area (Å²) in [6.07, 6.45) is 2.65. The van der Waals surface area contributed by atoms with Gasteiger partial charge in [-0.05, 0) is 29.3 Å². The third kappa shape index (κ3) is 2.96. The Morgan fingerprint density at radius 1 is 0.842 bits per heavy atom. The lowest BCUT2D eigenvalue weighted by Crippen LogP contribution is -1.83. The van der Waals surface area contributed by atoms with Crippen molar-refractivity contribution in [2.45, 2.75) is 6.42 Å². The molecule has 0 fully saturated rings. The highest BCUT2D eigenvalue weighted by molar-refractivity contribution is 9.10. The van der Waals surface area contributed by atoms with Gasteiger partial charge in [0.2, 0.25) is 0 Å². The molecule has 0 unspecified atom stereocenters. The summed E-state index contributed by atoms with van der Waals surface area (Å²) in [4.78, 5) is 0. The zero-order valence-electron chi connectivity index (χ0n) is 10.3. The Hall–Kier alpha value is -1.80. The number of hydrogen-bond donors (Lipinski definition) is 0. The van der Waals surface area contributed by atoms with Crippen LogP contribution in [-0.2, 0) is 6.42 Å². The quantitative estimate of drug-likeness (QED) is 0.639. The average Bonchev–Trinajstić information content (AvgIpc) is 2.89. The summed E-state index contributed by atoms with van der Waals surface area (Å²) in [7, 11) is 0. The van der Waals surface area contributed by atoms with Gasteiger partial charge in [-0.1, -0.05) is 58.4 Å². The third-order valence-electron chi connectivity index (χ3n) is 3.05. The third-order valence-corrected chi connectivity index (χ3v) is 3.58. The molecule has 0 saturated carbocycles. The number of benzene rings is 2. The number of furan rings is 1. The number of rotatable bonds is 3. The summed E-state index contributed by atoms with van der Waals surface area (Å²) in [5.74, 6) is 0.990. The molecule has 0 saturated heterocycles. The van der Waals surface area contributed by atoms with E-state index in [1.807, 2.05) is 36.6 Å². The summed E-state index contributed by atoms with van der Waals surface area (Å²) < 4.78 is 6.73. The van der Waals surface area contributed by atoms with Crippen molar-refractivity contribution >= 4 is 15.9 Å². The van der Waals surface area contributed by atoms with Gasteiger partial charge in [-0.3, -0.25) is 0 Å². The largest absolute Gasteiger partial charge is 0.468 e. The smallest absolute Gasteiger partial charge is 0.108 e. The molecule has 0 spiro atoms. The van der Waals surface area contributed by atoms with Crippen molar-refractivity contribution in [3.05, 3.63) is 82.7 Å². The van der Waals surface area contributed by atoms with Gasteiger partial charge in [-0.15, -0.1) is 0 Å². The van der Waals surface area contributed by atoms with Crippen LogP contribution in [0.25, 0.3) is 11.1 Å². The molecule has 0 amide bonds. The van der Waals surface area contributed by atoms with Crippen molar-refractivity contribution in [1.29, 1.82) is 0 Å². The van der Waals surface area contributed by atoms with Gasteiger partial charge in [0.1, 0.15) is 5.76 Å². The van der Waals surface area contributed by atoms with Gasteiger partial charge >= 0.3 is 0 Å². The van der Waals surface area contributed by atoms with Crippen molar-refractivity contribution in [1.82, 2.24) is 0 Å². The molecule has 0 bridgehead atoms. The lowest BCUT2D eigenvalue weighted by Gasteiger charge is -1.97. The first-order valence-corrected chi connectivity index (χ1v) is 6.98. The lowest BCUT2D eigenvalue weighted by atomic mass is 10.1. The molecule has 1 nitrogen and oxygen atoms in total. The van der Waals surface area contributed by atoms with Crippen LogP contribution in [0, 0.1) is 0 Å². The van der Waals surface area contributed by atoms with Gasteiger partial charge in [-0.2, -0.15) is 0 Å². The van der Waals surface area contributed by atoms with Crippen LogP contribution in [0.15, 0.2) is 75.8 Å². The first-order chi connectivity index (χ1) is 9.31. The standard InChI is InChI=1S/C17H13BrO/c18-16-8-6-14(7-9-16)15-11-17(19-12-15)10-13-4-2-1-3-5-13/h1-9,11-12H,10H2. The highest BCUT2D eigenvalue weighted by Gasteiger charge is 2.05. The van der Waals surface area contributed by atoms with E-state index >= 15 is 0 Å². The molecule has 0 radical (unpaired) electrons. The minimum Gasteiger partial charge on any atom is -0.468 e. The van der Waals surface area contributed by atoms with Crippen LogP contribution < -0.4 is 0 Å². The molecule has 2 aromatic carbocycles. The van der Waals surface area contributed by atoms with Crippen LogP contribution in [0.3, 0.4) is 0 Å². The molecule has 0 aliphatic rings. The van der Waals surface area contributed by atoms with Crippen LogP contribution >= 0.6 is 15.9 Å². The molecule has 0 aliphatic heterocycles. The zero-order chi connectivity index (χ0) is 13.1. The molecule has 3 aromatic rings. The SMILES string of the molecule is Brc1ccc(-c2coc(Cc3ccccc3)c2)cc1. The Morgan fingerprint density at radius 2 is 1.58 bits per heavy atom. The highest BCUT2D eigenvalue weighted by atomic mass is 79.9. The summed E-state index contributed by atoms with van der Waals surface area (Å²) in [6.45, 7) is 0. The van der Waals surface area contributed by atoms with E-state index in [0.29, 0.717) is 0 Å². The lowest BCUT2D eigenvalue weighted by molar-refractivity contribution is 0.521. The van der Waals surface area contributed by atoms with E-state index in [9.17, 15) is 0 Å². The molecule has 0 N–H and O–H groups in total. The normalized spacial score (nSPS) is 10.6. The first-order valence-electron chi connectivity index (χ1n) is 6.18. The Morgan fingerprint density at radius 3 is 2.32 bits per heavy atom. The van der Waals surface area contributed by atoms with E-state index in [1.54, 1.807) is 0 Å². The van der Waals surface area contributed by atoms with Crippen molar-refractivity contribution in [2.24, 2.45) is 0 Å². The van der Waals surface area contributed by atoms with Crippen molar-refractivity contribution < 1.29 is 4.42 Å². The van der Waals surface area contributed by atoms with Crippen LogP contribution in [0.1, 0.15) is 11.3 Å². The highest BCUT2D eigenvalue weighted by Crippen LogP contribution is 2.25. The Balaban J connectivity index is 1.82. The number of hydrogen-bond acceptors (Lipinski definition) is 1. The van der Waals surface area contributed by atoms with Crippen LogP contribution in [-0.4, -0.2) is 0 Å². The second kappa shape index (κ2) is 5.45. The molecule has 1 heterocycles. The van der Waals surface area contributed by atoms with Crippen LogP contribution in [0.5, 0.6) is 0 Å². The minimum atomic E-state index is 0.831. The average molecular weight is 313 g/mol. The van der Waals surface area contributed by atoms with Gasteiger partial charge in [-0.25, -0.2) is 0 Å². The fraction of sp³-hybridized carbons (Fsp3) is 0.0588. The van der Waals surface area contributed by atoms with E-state index in [-0.39, 0.29) is 0 Å². The van der Waals surface area contributed by atoms with Crippen molar-refractivity contribution in [3.63, 3.8) is 0 Å². The fourth-order valence-electron chi connectivity index (χ4n) is 2.06. The monoisotopic (exact) mass is 312 g/mol. The maximum atomic E-state index is 5.64. The fourth-order valence-corrected chi connectivity index (χ4v) is 2.33. The second-order valence-electron chi connectivity index (χ2n) is 4.47. The van der Waals surface area contributed by atoms with Gasteiger partial charge in [0.25, 0.3) is 0 Å². The maximum absolute atomic E-state index is 5.64. The van der Waals surface area contributed by atoms with E-state index in [0.717, 1.165) is 22.2 Å². The zero-order valence-corrected chi connectivity index (χ0v) is 11.9. The molecular formula is C17H13BrO. The second-order valence-corrected chi connectivity index (χ2v) is 5.39. The molecule has 19 heavy (non-hydrogen) atoms. The molecule has 0 aliphatic carbocycles. The van der Waals surface area contributed by atoms with Gasteiger partial charge in [0.15, 0.2) is 0 Å². The molecule has 94 valence electrons. The van der Waals surface area contributed by atoms with E-state index in [4.69, 9.17) is 4.42 Å². The van der Waals surface area contributed by atoms with Gasteiger partial charge in [0.05, 0.1) is 6.26 Å². The summed E-state index contributed by atoms with van der Waals surface area (Å²) >= 11 is 3.44. The molecule has 0 atom stereocenters. The Bertz CT molecular complexity index is 653. The van der Waals surface area contributed by atoms with Gasteiger partial charge < -0.3 is 4.42 Å². The van der Waals surface area contributed by atoms with Gasteiger partial charge in [0, 0.05) is 16.5 Å². The van der Waals surface area contributed by atoms with Crippen LogP contribution in [0.4, 0.5) is 0 Å². The molecule has 2 heteroatoms. The van der Waals surface area contributed by atoms with E-state index in [2.05, 4.69) is 46.3 Å². The first kappa shape index (κ1) is 12.2. The Labute approximate surface area is 121 Å². The Kier molecular flexibility index (Phi) is 3.51. The predicted molar refractivity (Wildman–Crippen MR) is 81.1 cm³/mol. The maximum Gasteiger partial charge on any atom is 0.108 e. The predicted octanol–water partition coefficient (Wildman–Crippen LogP) is 5.30. The number of halogens is 1. The summed E-state index contributed by atoms with van der Waals surface area (Å²) in [6, 6.07) is 20.7. The molecular weight excluding hydrogens is 300 g/mol. The molecule has 1 aromatic heterocycles. The van der Waals surface area contributed by atoms with Crippen molar-refractivity contribution in [2.75, 3.05) is 0 Å². The van der Waals surface area contributed by atoms with Crippen LogP contribution in [0.2, 0.25) is 0 Å². The topological polar surface area (TPSA) is 13.1 Å². The summed E-state index contributed by atoms with van der Waals surface area (Å²) in [5, 5.41) is 0. The van der Waals surface area contributed by atoms with Crippen molar-refractivity contribution in [3.8, 4) is 11.1 Å². The summed E-state index contributed by atoms with van der Waals surface area (Å²) in [5.41, 5.74) is 3.56. The molecule has 3 rings (SSSR count). The van der Waals surface area contributed by atoms with E-state index < -0.39 is 0 Å². The minimum absolute atomic E-state index is 0.831.